The molecule has 0 spiro atoms. The van der Waals surface area contributed by atoms with Gasteiger partial charge in [-0.2, -0.15) is 0 Å². The topological polar surface area (TPSA) is 43.1 Å². The van der Waals surface area contributed by atoms with E-state index in [4.69, 9.17) is 5.73 Å². The lowest BCUT2D eigenvalue weighted by Gasteiger charge is -2.15. The third-order valence-corrected chi connectivity index (χ3v) is 4.70. The Hall–Kier alpha value is -1.52. The van der Waals surface area contributed by atoms with Gasteiger partial charge in [-0.05, 0) is 49.2 Å². The maximum Gasteiger partial charge on any atom is 0.123 e. The molecule has 2 aromatic carbocycles. The van der Waals surface area contributed by atoms with Crippen LogP contribution in [0.2, 0.25) is 0 Å². The zero-order valence-corrected chi connectivity index (χ0v) is 12.4. The summed E-state index contributed by atoms with van der Waals surface area (Å²) in [4.78, 5) is 0.604. The molecule has 0 aliphatic heterocycles. The van der Waals surface area contributed by atoms with Crippen LogP contribution in [0.3, 0.4) is 0 Å². The first-order chi connectivity index (χ1) is 9.47. The van der Waals surface area contributed by atoms with Gasteiger partial charge in [-0.25, -0.2) is 4.39 Å². The standard InChI is InChI=1S/C16H18FNOS/c1-11-3-4-12(2)15(9-11)16(18)10-20(19)14-7-5-13(17)6-8-14/h3-9,16H,10,18H2,1-2H3. The fraction of sp³-hybridized carbons (Fsp3) is 0.250. The minimum absolute atomic E-state index is 0.291. The maximum atomic E-state index is 12.9. The molecule has 4 heteroatoms. The lowest BCUT2D eigenvalue weighted by atomic mass is 10.0. The molecule has 2 nitrogen and oxygen atoms in total. The molecule has 20 heavy (non-hydrogen) atoms. The first-order valence-electron chi connectivity index (χ1n) is 6.44. The van der Waals surface area contributed by atoms with Crippen LogP contribution in [0.1, 0.15) is 22.7 Å². The molecule has 0 aromatic heterocycles. The van der Waals surface area contributed by atoms with E-state index in [1.165, 1.54) is 12.1 Å². The van der Waals surface area contributed by atoms with Crippen molar-refractivity contribution in [2.45, 2.75) is 24.8 Å². The van der Waals surface area contributed by atoms with Crippen molar-refractivity contribution in [1.82, 2.24) is 0 Å². The number of aryl methyl sites for hydroxylation is 2. The highest BCUT2D eigenvalue weighted by Gasteiger charge is 2.14. The van der Waals surface area contributed by atoms with Crippen molar-refractivity contribution >= 4 is 10.8 Å². The predicted octanol–water partition coefficient (Wildman–Crippen LogP) is 3.25. The smallest absolute Gasteiger partial charge is 0.123 e. The van der Waals surface area contributed by atoms with Crippen LogP contribution in [0, 0.1) is 19.7 Å². The number of nitrogens with two attached hydrogens (primary N) is 1. The molecule has 0 aliphatic rings. The molecular weight excluding hydrogens is 273 g/mol. The van der Waals surface area contributed by atoms with E-state index in [1.54, 1.807) is 12.1 Å². The number of halogens is 1. The Labute approximate surface area is 121 Å². The Balaban J connectivity index is 2.15. The van der Waals surface area contributed by atoms with Gasteiger partial charge in [0.2, 0.25) is 0 Å². The molecule has 2 atom stereocenters. The van der Waals surface area contributed by atoms with E-state index in [1.807, 2.05) is 32.0 Å². The van der Waals surface area contributed by atoms with Crippen LogP contribution in [0.4, 0.5) is 4.39 Å². The van der Waals surface area contributed by atoms with Gasteiger partial charge in [-0.15, -0.1) is 0 Å². The largest absolute Gasteiger partial charge is 0.323 e. The van der Waals surface area contributed by atoms with E-state index >= 15 is 0 Å². The second-order valence-electron chi connectivity index (χ2n) is 4.93. The van der Waals surface area contributed by atoms with Crippen LogP contribution in [-0.2, 0) is 10.8 Å². The van der Waals surface area contributed by atoms with Crippen molar-refractivity contribution < 1.29 is 8.60 Å². The van der Waals surface area contributed by atoms with Crippen molar-refractivity contribution in [1.29, 1.82) is 0 Å². The Kier molecular flexibility index (Phi) is 4.68. The highest BCUT2D eigenvalue weighted by atomic mass is 32.2. The van der Waals surface area contributed by atoms with Crippen LogP contribution in [0.25, 0.3) is 0 Å². The third kappa shape index (κ3) is 3.52. The van der Waals surface area contributed by atoms with Gasteiger partial charge >= 0.3 is 0 Å². The molecule has 0 amide bonds. The first-order valence-corrected chi connectivity index (χ1v) is 7.76. The molecular formula is C16H18FNOS. The molecule has 0 fully saturated rings. The summed E-state index contributed by atoms with van der Waals surface area (Å²) in [7, 11) is -1.23. The Morgan fingerprint density at radius 1 is 1.15 bits per heavy atom. The zero-order valence-electron chi connectivity index (χ0n) is 11.6. The predicted molar refractivity (Wildman–Crippen MR) is 80.5 cm³/mol. The maximum absolute atomic E-state index is 12.9. The monoisotopic (exact) mass is 291 g/mol. The van der Waals surface area contributed by atoms with Crippen molar-refractivity contribution in [3.8, 4) is 0 Å². The molecule has 106 valence electrons. The number of hydrogen-bond acceptors (Lipinski definition) is 2. The fourth-order valence-corrected chi connectivity index (χ4v) is 3.23. The highest BCUT2D eigenvalue weighted by Crippen LogP contribution is 2.20. The molecule has 0 radical (unpaired) electrons. The number of benzene rings is 2. The van der Waals surface area contributed by atoms with E-state index < -0.39 is 10.8 Å². The van der Waals surface area contributed by atoms with Crippen LogP contribution in [0.15, 0.2) is 47.4 Å². The van der Waals surface area contributed by atoms with Crippen molar-refractivity contribution in [3.63, 3.8) is 0 Å². The molecule has 2 N–H and O–H groups in total. The summed E-state index contributed by atoms with van der Waals surface area (Å²) in [5.74, 6) is 0.000196. The van der Waals surface area contributed by atoms with Gasteiger partial charge < -0.3 is 5.73 Å². The molecule has 0 heterocycles. The second-order valence-corrected chi connectivity index (χ2v) is 6.43. The summed E-state index contributed by atoms with van der Waals surface area (Å²) in [5, 5.41) is 0. The van der Waals surface area contributed by atoms with Gasteiger partial charge in [0.15, 0.2) is 0 Å². The van der Waals surface area contributed by atoms with Gasteiger partial charge in [0.05, 0.1) is 10.8 Å². The van der Waals surface area contributed by atoms with E-state index in [0.717, 1.165) is 16.7 Å². The summed E-state index contributed by atoms with van der Waals surface area (Å²) in [6.45, 7) is 4.00. The molecule has 0 aliphatic carbocycles. The van der Waals surface area contributed by atoms with E-state index in [-0.39, 0.29) is 11.9 Å². The van der Waals surface area contributed by atoms with E-state index in [2.05, 4.69) is 0 Å². The van der Waals surface area contributed by atoms with E-state index in [9.17, 15) is 8.60 Å². The van der Waals surface area contributed by atoms with Crippen molar-refractivity contribution in [2.75, 3.05) is 5.75 Å². The fourth-order valence-electron chi connectivity index (χ4n) is 2.09. The van der Waals surface area contributed by atoms with Crippen LogP contribution in [0.5, 0.6) is 0 Å². The van der Waals surface area contributed by atoms with Gasteiger partial charge in [0.1, 0.15) is 5.82 Å². The summed E-state index contributed by atoms with van der Waals surface area (Å²) in [6.07, 6.45) is 0. The zero-order chi connectivity index (χ0) is 14.7. The lowest BCUT2D eigenvalue weighted by molar-refractivity contribution is 0.626. The average molecular weight is 291 g/mol. The molecule has 0 saturated carbocycles. The van der Waals surface area contributed by atoms with Gasteiger partial charge in [-0.3, -0.25) is 4.21 Å². The Morgan fingerprint density at radius 3 is 2.45 bits per heavy atom. The molecule has 2 rings (SSSR count). The Morgan fingerprint density at radius 2 is 1.80 bits per heavy atom. The minimum Gasteiger partial charge on any atom is -0.323 e. The third-order valence-electron chi connectivity index (χ3n) is 3.24. The van der Waals surface area contributed by atoms with Crippen LogP contribution in [-0.4, -0.2) is 9.96 Å². The lowest BCUT2D eigenvalue weighted by Crippen LogP contribution is -2.19. The van der Waals surface area contributed by atoms with Gasteiger partial charge in [-0.1, -0.05) is 23.8 Å². The summed E-state index contributed by atoms with van der Waals surface area (Å²) in [6, 6.07) is 11.5. The van der Waals surface area contributed by atoms with E-state index in [0.29, 0.717) is 10.6 Å². The SMILES string of the molecule is Cc1ccc(C)c(C(N)CS(=O)c2ccc(F)cc2)c1. The van der Waals surface area contributed by atoms with Crippen molar-refractivity contribution in [3.05, 3.63) is 65.0 Å². The minimum atomic E-state index is -1.23. The van der Waals surface area contributed by atoms with Crippen LogP contribution < -0.4 is 5.73 Å². The first kappa shape index (κ1) is 14.9. The molecule has 2 aromatic rings. The van der Waals surface area contributed by atoms with Gasteiger partial charge in [0.25, 0.3) is 0 Å². The summed E-state index contributed by atoms with van der Waals surface area (Å²) in [5.41, 5.74) is 9.41. The Bertz CT molecular complexity index is 625. The number of rotatable bonds is 4. The molecule has 0 bridgehead atoms. The van der Waals surface area contributed by atoms with Crippen LogP contribution >= 0.6 is 0 Å². The normalized spacial score (nSPS) is 14.0. The summed E-state index contributed by atoms with van der Waals surface area (Å²) >= 11 is 0. The number of hydrogen-bond donors (Lipinski definition) is 1. The second kappa shape index (κ2) is 6.29. The highest BCUT2D eigenvalue weighted by molar-refractivity contribution is 7.85. The molecule has 2 unspecified atom stereocenters. The summed E-state index contributed by atoms with van der Waals surface area (Å²) < 4.78 is 25.1. The average Bonchev–Trinajstić information content (AvgIpc) is 2.42. The van der Waals surface area contributed by atoms with Gasteiger partial charge in [0, 0.05) is 16.7 Å². The molecule has 0 saturated heterocycles. The quantitative estimate of drug-likeness (QED) is 0.939. The van der Waals surface area contributed by atoms with Crippen molar-refractivity contribution in [2.24, 2.45) is 5.73 Å².